The van der Waals surface area contributed by atoms with E-state index in [1.54, 1.807) is 12.3 Å². The van der Waals surface area contributed by atoms with Crippen LogP contribution >= 0.6 is 0 Å². The number of urea groups is 1. The van der Waals surface area contributed by atoms with Gasteiger partial charge in [-0.3, -0.25) is 29.0 Å². The zero-order valence-electron chi connectivity index (χ0n) is 17.0. The van der Waals surface area contributed by atoms with Crippen LogP contribution in [0.5, 0.6) is 0 Å². The molecule has 0 bridgehead atoms. The fraction of sp³-hybridized carbons (Fsp3) is 0.476. The number of pyridine rings is 1. The number of amides is 4. The predicted octanol–water partition coefficient (Wildman–Crippen LogP) is 1.00. The Morgan fingerprint density at radius 1 is 1.17 bits per heavy atom. The van der Waals surface area contributed by atoms with Crippen molar-refractivity contribution in [1.29, 1.82) is 0 Å². The van der Waals surface area contributed by atoms with Crippen LogP contribution in [0.1, 0.15) is 36.8 Å². The zero-order chi connectivity index (χ0) is 21.2. The molecule has 2 aromatic heterocycles. The van der Waals surface area contributed by atoms with E-state index in [0.717, 1.165) is 29.7 Å². The average Bonchev–Trinajstić information content (AvgIpc) is 2.99. The molecule has 0 saturated carbocycles. The number of carbonyl (C=O) groups is 3. The highest BCUT2D eigenvalue weighted by Gasteiger charge is 2.62. The Morgan fingerprint density at radius 3 is 2.77 bits per heavy atom. The van der Waals surface area contributed by atoms with Gasteiger partial charge in [-0.15, -0.1) is 0 Å². The van der Waals surface area contributed by atoms with Gasteiger partial charge in [-0.1, -0.05) is 18.9 Å². The third-order valence-electron chi connectivity index (χ3n) is 6.79. The fourth-order valence-corrected chi connectivity index (χ4v) is 5.22. The van der Waals surface area contributed by atoms with E-state index in [-0.39, 0.29) is 12.0 Å². The molecule has 2 aromatic rings. The van der Waals surface area contributed by atoms with E-state index in [9.17, 15) is 19.2 Å². The molecular formula is C21H23N5O4. The number of anilines is 1. The summed E-state index contributed by atoms with van der Waals surface area (Å²) in [4.78, 5) is 59.9. The normalized spacial score (nSPS) is 26.5. The highest BCUT2D eigenvalue weighted by Crippen LogP contribution is 2.45. The molecule has 1 N–H and O–H groups in total. The number of hydrogen-bond donors (Lipinski definition) is 1. The van der Waals surface area contributed by atoms with Gasteiger partial charge in [-0.05, 0) is 31.4 Å². The van der Waals surface area contributed by atoms with Gasteiger partial charge in [0.05, 0.1) is 11.6 Å². The van der Waals surface area contributed by atoms with Crippen LogP contribution in [-0.4, -0.2) is 51.8 Å². The number of rotatable bonds is 0. The van der Waals surface area contributed by atoms with Crippen molar-refractivity contribution in [3.63, 3.8) is 0 Å². The molecule has 0 radical (unpaired) electrons. The molecule has 9 nitrogen and oxygen atoms in total. The minimum absolute atomic E-state index is 0.0610. The Labute approximate surface area is 172 Å². The number of hydrogen-bond acceptors (Lipinski definition) is 6. The van der Waals surface area contributed by atoms with Crippen LogP contribution in [0.2, 0.25) is 0 Å². The van der Waals surface area contributed by atoms with Gasteiger partial charge in [0.25, 0.3) is 5.56 Å². The number of aromatic nitrogens is 2. The first-order valence-electron chi connectivity index (χ1n) is 10.3. The molecule has 2 atom stereocenters. The molecule has 156 valence electrons. The van der Waals surface area contributed by atoms with Crippen LogP contribution in [0, 0.1) is 12.3 Å². The number of barbiturate groups is 1. The van der Waals surface area contributed by atoms with Crippen molar-refractivity contribution in [2.24, 2.45) is 5.41 Å². The van der Waals surface area contributed by atoms with Crippen molar-refractivity contribution in [3.05, 3.63) is 39.8 Å². The summed E-state index contributed by atoms with van der Waals surface area (Å²) in [5, 5.41) is 2.34. The van der Waals surface area contributed by atoms with E-state index in [4.69, 9.17) is 4.98 Å². The van der Waals surface area contributed by atoms with E-state index in [2.05, 4.69) is 5.32 Å². The lowest BCUT2D eigenvalue weighted by Crippen LogP contribution is -2.71. The summed E-state index contributed by atoms with van der Waals surface area (Å²) < 4.78 is 1.47. The first-order valence-corrected chi connectivity index (χ1v) is 10.3. The molecular weight excluding hydrogens is 386 g/mol. The highest BCUT2D eigenvalue weighted by molar-refractivity contribution is 6.20. The monoisotopic (exact) mass is 409 g/mol. The molecule has 3 aliphatic rings. The van der Waals surface area contributed by atoms with Gasteiger partial charge in [0.2, 0.25) is 11.8 Å². The number of imide groups is 2. The Balaban J connectivity index is 1.81. The van der Waals surface area contributed by atoms with E-state index in [1.807, 2.05) is 17.9 Å². The summed E-state index contributed by atoms with van der Waals surface area (Å²) in [6.07, 6.45) is 4.92. The topological polar surface area (TPSA) is 104 Å². The molecule has 3 aliphatic heterocycles. The molecule has 30 heavy (non-hydrogen) atoms. The number of nitrogens with zero attached hydrogens (tertiary/aromatic N) is 4. The smallest absolute Gasteiger partial charge is 0.330 e. The molecule has 1 spiro atoms. The second-order valence-electron chi connectivity index (χ2n) is 8.43. The summed E-state index contributed by atoms with van der Waals surface area (Å²) >= 11 is 0. The summed E-state index contributed by atoms with van der Waals surface area (Å²) in [7, 11) is 1.37. The maximum absolute atomic E-state index is 13.4. The first-order chi connectivity index (χ1) is 14.4. The third-order valence-corrected chi connectivity index (χ3v) is 6.79. The Morgan fingerprint density at radius 2 is 1.97 bits per heavy atom. The first kappa shape index (κ1) is 18.8. The number of aryl methyl sites for hydroxylation is 1. The van der Waals surface area contributed by atoms with Crippen LogP contribution in [0.4, 0.5) is 10.6 Å². The van der Waals surface area contributed by atoms with Crippen molar-refractivity contribution >= 4 is 29.3 Å². The summed E-state index contributed by atoms with van der Waals surface area (Å²) in [5.74, 6) is -0.605. The summed E-state index contributed by atoms with van der Waals surface area (Å²) in [5.41, 5.74) is 0.00929. The predicted molar refractivity (Wildman–Crippen MR) is 108 cm³/mol. The van der Waals surface area contributed by atoms with Gasteiger partial charge in [0.15, 0.2) is 5.41 Å². The van der Waals surface area contributed by atoms with E-state index in [1.165, 1.54) is 11.4 Å². The van der Waals surface area contributed by atoms with Crippen LogP contribution in [0.25, 0.3) is 5.65 Å². The minimum atomic E-state index is -1.51. The van der Waals surface area contributed by atoms with E-state index < -0.39 is 29.3 Å². The lowest BCUT2D eigenvalue weighted by atomic mass is 9.68. The molecule has 5 heterocycles. The van der Waals surface area contributed by atoms with Crippen LogP contribution in [-0.2, 0) is 16.0 Å². The second-order valence-corrected chi connectivity index (χ2v) is 8.43. The van der Waals surface area contributed by atoms with Crippen molar-refractivity contribution in [1.82, 2.24) is 19.6 Å². The quantitative estimate of drug-likeness (QED) is 0.651. The van der Waals surface area contributed by atoms with Crippen LogP contribution < -0.4 is 15.8 Å². The number of fused-ring (bicyclic) bond motifs is 5. The largest absolute Gasteiger partial charge is 0.352 e. The maximum Gasteiger partial charge on any atom is 0.330 e. The van der Waals surface area contributed by atoms with Crippen LogP contribution in [0.15, 0.2) is 23.1 Å². The van der Waals surface area contributed by atoms with Gasteiger partial charge < -0.3 is 4.90 Å². The standard InChI is InChI=1S/C21H23N5O4/c1-12-7-6-10-26-15(12)22-16-13(17(26)27)11-21(14-8-4-3-5-9-25(14)16)18(28)23-20(30)24(2)19(21)29/h6-7,10,14H,3-5,8-9,11H2,1-2H3,(H,23,28,30). The number of nitrogens with one attached hydrogen (secondary N) is 1. The van der Waals surface area contributed by atoms with Crippen molar-refractivity contribution < 1.29 is 14.4 Å². The average molecular weight is 409 g/mol. The third kappa shape index (κ3) is 2.31. The molecule has 2 fully saturated rings. The minimum Gasteiger partial charge on any atom is -0.352 e. The molecule has 2 unspecified atom stereocenters. The summed E-state index contributed by atoms with van der Waals surface area (Å²) in [6.45, 7) is 2.50. The van der Waals surface area contributed by atoms with Crippen molar-refractivity contribution in [3.8, 4) is 0 Å². The Hall–Kier alpha value is -3.23. The lowest BCUT2D eigenvalue weighted by Gasteiger charge is -2.50. The zero-order valence-corrected chi connectivity index (χ0v) is 17.0. The van der Waals surface area contributed by atoms with Crippen LogP contribution in [0.3, 0.4) is 0 Å². The SMILES string of the molecule is Cc1cccn2c(=O)c3c(nc12)N1CCCCCC1C1(C3)C(=O)NC(=O)N(C)C1=O. The van der Waals surface area contributed by atoms with Gasteiger partial charge in [0.1, 0.15) is 11.5 Å². The fourth-order valence-electron chi connectivity index (χ4n) is 5.22. The van der Waals surface area contributed by atoms with Crippen molar-refractivity contribution in [2.45, 2.75) is 45.1 Å². The molecule has 0 aliphatic carbocycles. The molecule has 0 aromatic carbocycles. The maximum atomic E-state index is 13.4. The second kappa shape index (κ2) is 6.38. The Bertz CT molecular complexity index is 1170. The van der Waals surface area contributed by atoms with Crippen molar-refractivity contribution in [2.75, 3.05) is 18.5 Å². The lowest BCUT2D eigenvalue weighted by molar-refractivity contribution is -0.152. The van der Waals surface area contributed by atoms with E-state index in [0.29, 0.717) is 30.0 Å². The number of carbonyl (C=O) groups excluding carboxylic acids is 3. The van der Waals surface area contributed by atoms with Gasteiger partial charge in [-0.2, -0.15) is 0 Å². The van der Waals surface area contributed by atoms with Gasteiger partial charge in [0, 0.05) is 26.2 Å². The van der Waals surface area contributed by atoms with E-state index >= 15 is 0 Å². The molecule has 9 heteroatoms. The highest BCUT2D eigenvalue weighted by atomic mass is 16.2. The Kier molecular flexibility index (Phi) is 4.00. The molecule has 5 rings (SSSR count). The van der Waals surface area contributed by atoms with Gasteiger partial charge >= 0.3 is 6.03 Å². The molecule has 2 saturated heterocycles. The molecule has 4 amide bonds. The van der Waals surface area contributed by atoms with Gasteiger partial charge in [-0.25, -0.2) is 9.78 Å². The summed E-state index contributed by atoms with van der Waals surface area (Å²) in [6, 6.07) is 2.49.